The quantitative estimate of drug-likeness (QED) is 0.914. The molecule has 1 aromatic carbocycles. The number of aliphatic hydroxyl groups is 1. The molecule has 7 heteroatoms. The van der Waals surface area contributed by atoms with E-state index < -0.39 is 11.8 Å². The maximum absolute atomic E-state index is 12.9. The van der Waals surface area contributed by atoms with Crippen LogP contribution in [0, 0.1) is 0 Å². The van der Waals surface area contributed by atoms with Crippen molar-refractivity contribution in [3.63, 3.8) is 0 Å². The molecule has 0 amide bonds. The number of anilines is 1. The van der Waals surface area contributed by atoms with Crippen LogP contribution >= 0.6 is 0 Å². The number of ether oxygens (including phenoxy) is 1. The third-order valence-corrected chi connectivity index (χ3v) is 4.95. The van der Waals surface area contributed by atoms with Gasteiger partial charge in [-0.15, -0.1) is 0 Å². The molecule has 2 aliphatic rings. The zero-order valence-corrected chi connectivity index (χ0v) is 13.6. The molecule has 0 aliphatic carbocycles. The summed E-state index contributed by atoms with van der Waals surface area (Å²) in [4.78, 5) is 4.24. The summed E-state index contributed by atoms with van der Waals surface area (Å²) in [5.74, 6) is 0. The minimum Gasteiger partial charge on any atom is -0.380 e. The molecule has 0 radical (unpaired) electrons. The molecule has 2 heterocycles. The lowest BCUT2D eigenvalue weighted by atomic mass is 9.90. The standard InChI is InChI=1S/C17H23F3N2O2/c18-17(19,20)16(23)5-7-21(8-6-16)13-14-3-1-2-4-15(14)22-9-11-24-12-10-22/h1-4,23H,5-13H2. The van der Waals surface area contributed by atoms with Crippen LogP contribution in [-0.2, 0) is 11.3 Å². The molecule has 2 saturated heterocycles. The largest absolute Gasteiger partial charge is 0.417 e. The van der Waals surface area contributed by atoms with Crippen molar-refractivity contribution in [3.8, 4) is 0 Å². The van der Waals surface area contributed by atoms with Gasteiger partial charge >= 0.3 is 6.18 Å². The average molecular weight is 344 g/mol. The van der Waals surface area contributed by atoms with Crippen molar-refractivity contribution in [1.82, 2.24) is 4.90 Å². The topological polar surface area (TPSA) is 35.9 Å². The second-order valence-electron chi connectivity index (χ2n) is 6.53. The molecular weight excluding hydrogens is 321 g/mol. The molecule has 0 saturated carbocycles. The fourth-order valence-electron chi connectivity index (χ4n) is 3.36. The Balaban J connectivity index is 1.65. The van der Waals surface area contributed by atoms with Crippen LogP contribution in [0.1, 0.15) is 18.4 Å². The summed E-state index contributed by atoms with van der Waals surface area (Å²) in [7, 11) is 0. The summed E-state index contributed by atoms with van der Waals surface area (Å²) >= 11 is 0. The first-order valence-corrected chi connectivity index (χ1v) is 8.31. The van der Waals surface area contributed by atoms with E-state index in [-0.39, 0.29) is 25.9 Å². The molecule has 0 atom stereocenters. The third kappa shape index (κ3) is 3.68. The Kier molecular flexibility index (Phi) is 5.03. The van der Waals surface area contributed by atoms with Gasteiger partial charge in [0, 0.05) is 38.4 Å². The summed E-state index contributed by atoms with van der Waals surface area (Å²) in [6.07, 6.45) is -5.09. The molecule has 2 aliphatic heterocycles. The zero-order valence-electron chi connectivity index (χ0n) is 13.6. The lowest BCUT2D eigenvalue weighted by Crippen LogP contribution is -2.53. The highest BCUT2D eigenvalue weighted by Gasteiger charge is 2.54. The number of hydrogen-bond donors (Lipinski definition) is 1. The maximum atomic E-state index is 12.9. The molecule has 134 valence electrons. The number of morpholine rings is 1. The van der Waals surface area contributed by atoms with Gasteiger partial charge in [0.15, 0.2) is 5.60 Å². The van der Waals surface area contributed by atoms with E-state index in [2.05, 4.69) is 11.0 Å². The highest BCUT2D eigenvalue weighted by atomic mass is 19.4. The van der Waals surface area contributed by atoms with Crippen LogP contribution in [0.15, 0.2) is 24.3 Å². The van der Waals surface area contributed by atoms with Crippen LogP contribution in [0.3, 0.4) is 0 Å². The van der Waals surface area contributed by atoms with Crippen molar-refractivity contribution in [2.75, 3.05) is 44.3 Å². The second kappa shape index (κ2) is 6.90. The monoisotopic (exact) mass is 344 g/mol. The molecule has 0 spiro atoms. The van der Waals surface area contributed by atoms with Crippen molar-refractivity contribution in [2.45, 2.75) is 31.2 Å². The Labute approximate surface area is 139 Å². The van der Waals surface area contributed by atoms with Gasteiger partial charge in [0.1, 0.15) is 0 Å². The third-order valence-electron chi connectivity index (χ3n) is 4.95. The Hall–Kier alpha value is -1.31. The van der Waals surface area contributed by atoms with Gasteiger partial charge in [-0.25, -0.2) is 0 Å². The van der Waals surface area contributed by atoms with E-state index in [0.717, 1.165) is 24.3 Å². The molecule has 0 aromatic heterocycles. The second-order valence-corrected chi connectivity index (χ2v) is 6.53. The van der Waals surface area contributed by atoms with Gasteiger partial charge in [0.05, 0.1) is 13.2 Å². The van der Waals surface area contributed by atoms with E-state index >= 15 is 0 Å². The Morgan fingerprint density at radius 1 is 1.04 bits per heavy atom. The Morgan fingerprint density at radius 2 is 1.67 bits per heavy atom. The number of para-hydroxylation sites is 1. The van der Waals surface area contributed by atoms with Crippen molar-refractivity contribution in [3.05, 3.63) is 29.8 Å². The molecule has 24 heavy (non-hydrogen) atoms. The average Bonchev–Trinajstić information content (AvgIpc) is 2.57. The summed E-state index contributed by atoms with van der Waals surface area (Å²) in [5, 5.41) is 9.78. The molecular formula is C17H23F3N2O2. The van der Waals surface area contributed by atoms with Gasteiger partial charge in [-0.1, -0.05) is 18.2 Å². The summed E-state index contributed by atoms with van der Waals surface area (Å²) in [5.41, 5.74) is -0.304. The van der Waals surface area contributed by atoms with Crippen molar-refractivity contribution in [1.29, 1.82) is 0 Å². The normalized spacial score (nSPS) is 22.6. The summed E-state index contributed by atoms with van der Waals surface area (Å²) in [6, 6.07) is 8.01. The van der Waals surface area contributed by atoms with Crippen LogP contribution in [0.4, 0.5) is 18.9 Å². The first-order chi connectivity index (χ1) is 11.4. The smallest absolute Gasteiger partial charge is 0.380 e. The van der Waals surface area contributed by atoms with Crippen molar-refractivity contribution < 1.29 is 23.0 Å². The Morgan fingerprint density at radius 3 is 2.29 bits per heavy atom. The minimum absolute atomic E-state index is 0.244. The van der Waals surface area contributed by atoms with Gasteiger partial charge in [-0.2, -0.15) is 13.2 Å². The van der Waals surface area contributed by atoms with Gasteiger partial charge in [-0.3, -0.25) is 4.90 Å². The first-order valence-electron chi connectivity index (χ1n) is 8.31. The van der Waals surface area contributed by atoms with E-state index in [1.54, 1.807) is 0 Å². The Bertz CT molecular complexity index is 551. The number of alkyl halides is 3. The van der Waals surface area contributed by atoms with Crippen LogP contribution < -0.4 is 4.90 Å². The van der Waals surface area contributed by atoms with E-state index in [9.17, 15) is 18.3 Å². The van der Waals surface area contributed by atoms with Gasteiger partial charge in [0.25, 0.3) is 0 Å². The SMILES string of the molecule is OC1(C(F)(F)F)CCN(Cc2ccccc2N2CCOCC2)CC1. The van der Waals surface area contributed by atoms with Gasteiger partial charge in [0.2, 0.25) is 0 Å². The number of piperidine rings is 1. The lowest BCUT2D eigenvalue weighted by Gasteiger charge is -2.39. The predicted molar refractivity (Wildman–Crippen MR) is 85.0 cm³/mol. The van der Waals surface area contributed by atoms with Gasteiger partial charge < -0.3 is 14.7 Å². The number of benzene rings is 1. The molecule has 0 unspecified atom stereocenters. The summed E-state index contributed by atoms with van der Waals surface area (Å²) < 4.78 is 44.1. The van der Waals surface area contributed by atoms with E-state index in [0.29, 0.717) is 19.8 Å². The maximum Gasteiger partial charge on any atom is 0.417 e. The fraction of sp³-hybridized carbons (Fsp3) is 0.647. The molecule has 3 rings (SSSR count). The number of likely N-dealkylation sites (tertiary alicyclic amines) is 1. The molecule has 2 fully saturated rings. The van der Waals surface area contributed by atoms with Crippen LogP contribution in [0.25, 0.3) is 0 Å². The molecule has 0 bridgehead atoms. The zero-order chi connectivity index (χ0) is 17.2. The minimum atomic E-state index is -4.55. The van der Waals surface area contributed by atoms with Crippen molar-refractivity contribution in [2.24, 2.45) is 0 Å². The lowest BCUT2D eigenvalue weighted by molar-refractivity contribution is -0.272. The van der Waals surface area contributed by atoms with Crippen LogP contribution in [-0.4, -0.2) is 61.2 Å². The first kappa shape index (κ1) is 17.5. The number of nitrogens with zero attached hydrogens (tertiary/aromatic N) is 2. The fourth-order valence-corrected chi connectivity index (χ4v) is 3.36. The number of rotatable bonds is 3. The van der Waals surface area contributed by atoms with Crippen LogP contribution in [0.2, 0.25) is 0 Å². The molecule has 4 nitrogen and oxygen atoms in total. The van der Waals surface area contributed by atoms with E-state index in [1.807, 2.05) is 23.1 Å². The highest BCUT2D eigenvalue weighted by molar-refractivity contribution is 5.53. The highest BCUT2D eigenvalue weighted by Crippen LogP contribution is 2.38. The van der Waals surface area contributed by atoms with Crippen molar-refractivity contribution >= 4 is 5.69 Å². The molecule has 1 N–H and O–H groups in total. The number of halogens is 3. The van der Waals surface area contributed by atoms with E-state index in [4.69, 9.17) is 4.74 Å². The molecule has 1 aromatic rings. The van der Waals surface area contributed by atoms with Crippen LogP contribution in [0.5, 0.6) is 0 Å². The predicted octanol–water partition coefficient (Wildman–Crippen LogP) is 2.41. The summed E-state index contributed by atoms with van der Waals surface area (Å²) in [6.45, 7) is 4.12. The van der Waals surface area contributed by atoms with Gasteiger partial charge in [-0.05, 0) is 24.5 Å². The van der Waals surface area contributed by atoms with E-state index in [1.165, 1.54) is 0 Å². The number of hydrogen-bond acceptors (Lipinski definition) is 4.